The molecule has 0 unspecified atom stereocenters. The second-order valence-electron chi connectivity index (χ2n) is 4.36. The van der Waals surface area contributed by atoms with Crippen LogP contribution in [0.3, 0.4) is 0 Å². The van der Waals surface area contributed by atoms with Gasteiger partial charge in [0, 0.05) is 17.5 Å². The second kappa shape index (κ2) is 4.57. The number of hydrogen-bond acceptors (Lipinski definition) is 3. The first kappa shape index (κ1) is 11.5. The van der Waals surface area contributed by atoms with Crippen LogP contribution in [0.1, 0.15) is 5.69 Å². The van der Waals surface area contributed by atoms with E-state index in [9.17, 15) is 0 Å². The normalized spacial score (nSPS) is 14.2. The summed E-state index contributed by atoms with van der Waals surface area (Å²) in [5.74, 6) is 0.754. The predicted octanol–water partition coefficient (Wildman–Crippen LogP) is 3.26. The van der Waals surface area contributed by atoms with Crippen LogP contribution >= 0.6 is 0 Å². The molecule has 1 aliphatic heterocycles. The van der Waals surface area contributed by atoms with Crippen LogP contribution in [-0.4, -0.2) is 16.3 Å². The largest absolute Gasteiger partial charge is 0.327 e. The summed E-state index contributed by atoms with van der Waals surface area (Å²) in [6.07, 6.45) is 5.44. The van der Waals surface area contributed by atoms with Gasteiger partial charge in [0.2, 0.25) is 5.95 Å². The van der Waals surface area contributed by atoms with E-state index < -0.39 is 0 Å². The Hall–Kier alpha value is -2.62. The van der Waals surface area contributed by atoms with Gasteiger partial charge in [0.15, 0.2) is 0 Å². The number of aromatic nitrogens is 2. The summed E-state index contributed by atoms with van der Waals surface area (Å²) in [4.78, 5) is 13.9. The average molecular weight is 250 g/mol. The molecule has 0 bridgehead atoms. The van der Waals surface area contributed by atoms with E-state index in [4.69, 9.17) is 0 Å². The third kappa shape index (κ3) is 2.20. The number of imidazole rings is 1. The zero-order valence-corrected chi connectivity index (χ0v) is 10.7. The molecule has 1 aromatic carbocycles. The number of rotatable bonds is 2. The Kier molecular flexibility index (Phi) is 2.76. The average Bonchev–Trinajstić information content (AvgIpc) is 2.83. The number of nitrogens with one attached hydrogen (secondary N) is 1. The number of aromatic amines is 1. The van der Waals surface area contributed by atoms with Crippen molar-refractivity contribution in [1.29, 1.82) is 0 Å². The molecule has 0 aliphatic carbocycles. The van der Waals surface area contributed by atoms with Crippen LogP contribution in [0.15, 0.2) is 59.9 Å². The maximum Gasteiger partial charge on any atom is 0.213 e. The van der Waals surface area contributed by atoms with Gasteiger partial charge in [0.25, 0.3) is 0 Å². The molecule has 0 radical (unpaired) electrons. The monoisotopic (exact) mass is 250 g/mol. The van der Waals surface area contributed by atoms with Crippen molar-refractivity contribution in [2.24, 2.45) is 4.99 Å². The molecule has 4 heteroatoms. The van der Waals surface area contributed by atoms with Crippen LogP contribution in [0.5, 0.6) is 0 Å². The number of hydrogen-bond donors (Lipinski definition) is 1. The van der Waals surface area contributed by atoms with Gasteiger partial charge in [-0.1, -0.05) is 36.9 Å². The van der Waals surface area contributed by atoms with Crippen LogP contribution in [-0.2, 0) is 0 Å². The smallest absolute Gasteiger partial charge is 0.213 e. The standard InChI is InChI=1S/C15H14N4/c1-11-8-9-19(10-16-11)15-17-12(2)14(18-15)13-6-4-3-5-7-13/h3-10H,1H2,2H3,(H,17,18). The van der Waals surface area contributed by atoms with E-state index >= 15 is 0 Å². The van der Waals surface area contributed by atoms with E-state index in [0.717, 1.165) is 28.6 Å². The molecule has 19 heavy (non-hydrogen) atoms. The van der Waals surface area contributed by atoms with Gasteiger partial charge in [0.05, 0.1) is 11.4 Å². The highest BCUT2D eigenvalue weighted by molar-refractivity contribution is 5.82. The van der Waals surface area contributed by atoms with Crippen molar-refractivity contribution in [3.8, 4) is 11.3 Å². The van der Waals surface area contributed by atoms with Gasteiger partial charge in [-0.3, -0.25) is 4.90 Å². The summed E-state index contributed by atoms with van der Waals surface area (Å²) in [5.41, 5.74) is 3.84. The Morgan fingerprint density at radius 1 is 1.21 bits per heavy atom. The fraction of sp³-hybridized carbons (Fsp3) is 0.0667. The molecule has 2 aromatic rings. The first-order valence-electron chi connectivity index (χ1n) is 6.06. The van der Waals surface area contributed by atoms with Crippen molar-refractivity contribution >= 4 is 12.3 Å². The predicted molar refractivity (Wildman–Crippen MR) is 78.0 cm³/mol. The summed E-state index contributed by atoms with van der Waals surface area (Å²) < 4.78 is 0. The first-order chi connectivity index (χ1) is 9.24. The highest BCUT2D eigenvalue weighted by Crippen LogP contribution is 2.24. The molecule has 0 amide bonds. The molecule has 0 saturated carbocycles. The number of aryl methyl sites for hydroxylation is 1. The maximum absolute atomic E-state index is 4.63. The lowest BCUT2D eigenvalue weighted by molar-refractivity contribution is 1.15. The number of benzene rings is 1. The summed E-state index contributed by atoms with van der Waals surface area (Å²) >= 11 is 0. The Bertz CT molecular complexity index is 649. The molecule has 2 heterocycles. The lowest BCUT2D eigenvalue weighted by atomic mass is 10.1. The van der Waals surface area contributed by atoms with Crippen molar-refractivity contribution in [2.75, 3.05) is 4.90 Å². The van der Waals surface area contributed by atoms with E-state index in [-0.39, 0.29) is 0 Å². The molecular formula is C15H14N4. The van der Waals surface area contributed by atoms with Crippen molar-refractivity contribution in [1.82, 2.24) is 9.97 Å². The first-order valence-corrected chi connectivity index (χ1v) is 6.06. The van der Waals surface area contributed by atoms with Crippen LogP contribution in [0.4, 0.5) is 5.95 Å². The summed E-state index contributed by atoms with van der Waals surface area (Å²) in [6.45, 7) is 5.79. The summed E-state index contributed by atoms with van der Waals surface area (Å²) in [5, 5.41) is 0. The molecule has 0 spiro atoms. The minimum atomic E-state index is 0.739. The molecule has 1 N–H and O–H groups in total. The molecule has 1 aromatic heterocycles. The quantitative estimate of drug-likeness (QED) is 0.889. The minimum absolute atomic E-state index is 0.739. The van der Waals surface area contributed by atoms with Crippen LogP contribution in [0.2, 0.25) is 0 Å². The topological polar surface area (TPSA) is 44.3 Å². The Morgan fingerprint density at radius 3 is 2.68 bits per heavy atom. The van der Waals surface area contributed by atoms with Crippen molar-refractivity contribution in [3.63, 3.8) is 0 Å². The molecule has 0 fully saturated rings. The van der Waals surface area contributed by atoms with Crippen LogP contribution < -0.4 is 4.90 Å². The van der Waals surface area contributed by atoms with E-state index in [1.54, 1.807) is 6.34 Å². The number of anilines is 1. The van der Waals surface area contributed by atoms with E-state index in [2.05, 4.69) is 33.7 Å². The van der Waals surface area contributed by atoms with Crippen LogP contribution in [0, 0.1) is 6.92 Å². The van der Waals surface area contributed by atoms with E-state index in [1.165, 1.54) is 0 Å². The number of nitrogens with zero attached hydrogens (tertiary/aromatic N) is 3. The highest BCUT2D eigenvalue weighted by atomic mass is 15.3. The van der Waals surface area contributed by atoms with Crippen molar-refractivity contribution < 1.29 is 0 Å². The lowest BCUT2D eigenvalue weighted by Gasteiger charge is -2.13. The number of H-pyrrole nitrogens is 1. The van der Waals surface area contributed by atoms with Crippen molar-refractivity contribution in [3.05, 3.63) is 60.6 Å². The fourth-order valence-electron chi connectivity index (χ4n) is 1.95. The zero-order chi connectivity index (χ0) is 13.2. The molecule has 1 aliphatic rings. The van der Waals surface area contributed by atoms with E-state index in [0.29, 0.717) is 0 Å². The molecule has 3 rings (SSSR count). The van der Waals surface area contributed by atoms with Gasteiger partial charge < -0.3 is 4.98 Å². The van der Waals surface area contributed by atoms with Crippen molar-refractivity contribution in [2.45, 2.75) is 6.92 Å². The molecule has 94 valence electrons. The third-order valence-electron chi connectivity index (χ3n) is 2.94. The Labute approximate surface area is 111 Å². The van der Waals surface area contributed by atoms with Gasteiger partial charge in [-0.15, -0.1) is 0 Å². The minimum Gasteiger partial charge on any atom is -0.327 e. The molecule has 0 atom stereocenters. The van der Waals surface area contributed by atoms with Crippen LogP contribution in [0.25, 0.3) is 11.3 Å². The summed E-state index contributed by atoms with van der Waals surface area (Å²) in [7, 11) is 0. The molecular weight excluding hydrogens is 236 g/mol. The van der Waals surface area contributed by atoms with Gasteiger partial charge in [-0.2, -0.15) is 0 Å². The maximum atomic E-state index is 4.63. The molecule has 0 saturated heterocycles. The van der Waals surface area contributed by atoms with E-state index in [1.807, 2.05) is 42.3 Å². The van der Waals surface area contributed by atoms with Gasteiger partial charge in [0.1, 0.15) is 6.34 Å². The van der Waals surface area contributed by atoms with Gasteiger partial charge in [-0.05, 0) is 13.0 Å². The molecule has 4 nitrogen and oxygen atoms in total. The SMILES string of the molecule is C=C1C=CN(c2nc(-c3ccccc3)c(C)[nH]2)C=N1. The second-order valence-corrected chi connectivity index (χ2v) is 4.36. The van der Waals surface area contributed by atoms with Gasteiger partial charge >= 0.3 is 0 Å². The number of allylic oxidation sites excluding steroid dienone is 1. The fourth-order valence-corrected chi connectivity index (χ4v) is 1.95. The Balaban J connectivity index is 1.96. The third-order valence-corrected chi connectivity index (χ3v) is 2.94. The summed E-state index contributed by atoms with van der Waals surface area (Å²) in [6, 6.07) is 10.1. The lowest BCUT2D eigenvalue weighted by Crippen LogP contribution is -2.17. The zero-order valence-electron chi connectivity index (χ0n) is 10.7. The Morgan fingerprint density at radius 2 is 2.00 bits per heavy atom. The van der Waals surface area contributed by atoms with Gasteiger partial charge in [-0.25, -0.2) is 9.98 Å². The number of aliphatic imine (C=N–C) groups is 1. The highest BCUT2D eigenvalue weighted by Gasteiger charge is 2.13.